The van der Waals surface area contributed by atoms with Gasteiger partial charge in [0.25, 0.3) is 0 Å². The molecule has 0 heterocycles. The fourth-order valence-electron chi connectivity index (χ4n) is 0.679. The third-order valence-electron chi connectivity index (χ3n) is 1.15. The van der Waals surface area contributed by atoms with Crippen molar-refractivity contribution in [2.45, 2.75) is 25.9 Å². The van der Waals surface area contributed by atoms with Gasteiger partial charge < -0.3 is 14.6 Å². The molecule has 10 heavy (non-hydrogen) atoms. The van der Waals surface area contributed by atoms with Crippen molar-refractivity contribution in [2.75, 3.05) is 13.2 Å². The molecule has 60 valence electrons. The number of ether oxygens (including phenoxy) is 1. The molecule has 0 spiro atoms. The first-order valence-electron chi connectivity index (χ1n) is 3.52. The van der Waals surface area contributed by atoms with Gasteiger partial charge in [-0.1, -0.05) is 13.3 Å². The van der Waals surface area contributed by atoms with Crippen molar-refractivity contribution >= 4 is 6.29 Å². The maximum absolute atomic E-state index is 10.2. The third kappa shape index (κ3) is 4.47. The molecule has 0 aromatic carbocycles. The molecule has 0 aromatic rings. The van der Waals surface area contributed by atoms with Gasteiger partial charge in [0.05, 0.1) is 13.2 Å². The molecule has 0 bridgehead atoms. The van der Waals surface area contributed by atoms with Crippen LogP contribution in [0.15, 0.2) is 0 Å². The summed E-state index contributed by atoms with van der Waals surface area (Å²) in [6.07, 6.45) is 2.12. The number of carbonyl (C=O) groups excluding carboxylic acids is 1. The zero-order valence-corrected chi connectivity index (χ0v) is 6.25. The van der Waals surface area contributed by atoms with Crippen molar-refractivity contribution in [3.8, 4) is 0 Å². The normalized spacial score (nSPS) is 13.0. The Bertz CT molecular complexity index is 82.9. The fourth-order valence-corrected chi connectivity index (χ4v) is 0.679. The van der Waals surface area contributed by atoms with Crippen molar-refractivity contribution in [3.63, 3.8) is 0 Å². The molecular weight excluding hydrogens is 132 g/mol. The van der Waals surface area contributed by atoms with E-state index in [2.05, 4.69) is 0 Å². The zero-order valence-electron chi connectivity index (χ0n) is 6.25. The van der Waals surface area contributed by atoms with Crippen molar-refractivity contribution < 1.29 is 14.6 Å². The van der Waals surface area contributed by atoms with E-state index in [-0.39, 0.29) is 19.3 Å². The molecule has 0 fully saturated rings. The van der Waals surface area contributed by atoms with E-state index in [9.17, 15) is 4.79 Å². The summed E-state index contributed by atoms with van der Waals surface area (Å²) in [4.78, 5) is 10.2. The SMILES string of the molecule is CCCC(C=O)OCCO. The van der Waals surface area contributed by atoms with E-state index >= 15 is 0 Å². The molecule has 0 saturated carbocycles. The molecule has 3 heteroatoms. The minimum atomic E-state index is -0.322. The van der Waals surface area contributed by atoms with E-state index in [1.54, 1.807) is 0 Å². The van der Waals surface area contributed by atoms with Gasteiger partial charge in [-0.2, -0.15) is 0 Å². The van der Waals surface area contributed by atoms with Crippen molar-refractivity contribution in [3.05, 3.63) is 0 Å². The molecule has 3 nitrogen and oxygen atoms in total. The summed E-state index contributed by atoms with van der Waals surface area (Å²) < 4.78 is 4.96. The first kappa shape index (κ1) is 9.59. The van der Waals surface area contributed by atoms with Gasteiger partial charge in [0.1, 0.15) is 12.4 Å². The Labute approximate surface area is 61.0 Å². The van der Waals surface area contributed by atoms with Gasteiger partial charge in [-0.25, -0.2) is 0 Å². The summed E-state index contributed by atoms with van der Waals surface area (Å²) in [7, 11) is 0. The van der Waals surface area contributed by atoms with Crippen LogP contribution in [0.4, 0.5) is 0 Å². The number of hydrogen-bond acceptors (Lipinski definition) is 3. The molecule has 0 aliphatic heterocycles. The molecule has 0 aromatic heterocycles. The van der Waals surface area contributed by atoms with Crippen LogP contribution in [-0.2, 0) is 9.53 Å². The first-order chi connectivity index (χ1) is 4.85. The highest BCUT2D eigenvalue weighted by Crippen LogP contribution is 1.97. The van der Waals surface area contributed by atoms with E-state index in [0.29, 0.717) is 0 Å². The maximum Gasteiger partial charge on any atom is 0.148 e. The van der Waals surface area contributed by atoms with E-state index in [1.165, 1.54) is 0 Å². The van der Waals surface area contributed by atoms with Gasteiger partial charge in [0.2, 0.25) is 0 Å². The Hall–Kier alpha value is -0.410. The average Bonchev–Trinajstić information content (AvgIpc) is 1.98. The fraction of sp³-hybridized carbons (Fsp3) is 0.857. The van der Waals surface area contributed by atoms with Crippen LogP contribution in [0.3, 0.4) is 0 Å². The highest BCUT2D eigenvalue weighted by Gasteiger charge is 2.03. The van der Waals surface area contributed by atoms with Crippen LogP contribution in [0.1, 0.15) is 19.8 Å². The minimum absolute atomic E-state index is 0.0198. The van der Waals surface area contributed by atoms with Crippen LogP contribution >= 0.6 is 0 Å². The molecular formula is C7H14O3. The first-order valence-corrected chi connectivity index (χ1v) is 3.52. The van der Waals surface area contributed by atoms with Crippen LogP contribution in [0.5, 0.6) is 0 Å². The predicted octanol–water partition coefficient (Wildman–Crippen LogP) is 0.363. The largest absolute Gasteiger partial charge is 0.394 e. The van der Waals surface area contributed by atoms with Gasteiger partial charge >= 0.3 is 0 Å². The van der Waals surface area contributed by atoms with Crippen LogP contribution in [0.2, 0.25) is 0 Å². The van der Waals surface area contributed by atoms with Gasteiger partial charge in [0, 0.05) is 0 Å². The van der Waals surface area contributed by atoms with Gasteiger partial charge in [-0.3, -0.25) is 0 Å². The van der Waals surface area contributed by atoms with Crippen LogP contribution in [-0.4, -0.2) is 30.7 Å². The molecule has 0 aliphatic rings. The van der Waals surface area contributed by atoms with Crippen molar-refractivity contribution in [2.24, 2.45) is 0 Å². The van der Waals surface area contributed by atoms with E-state index in [4.69, 9.17) is 9.84 Å². The van der Waals surface area contributed by atoms with Crippen LogP contribution in [0, 0.1) is 0 Å². The van der Waals surface area contributed by atoms with Crippen molar-refractivity contribution in [1.82, 2.24) is 0 Å². The number of aliphatic hydroxyl groups excluding tert-OH is 1. The molecule has 0 rings (SSSR count). The molecule has 0 radical (unpaired) electrons. The molecule has 1 unspecified atom stereocenters. The minimum Gasteiger partial charge on any atom is -0.394 e. The quantitative estimate of drug-likeness (QED) is 0.550. The Morgan fingerprint density at radius 3 is 2.80 bits per heavy atom. The summed E-state index contributed by atoms with van der Waals surface area (Å²) in [5.74, 6) is 0. The molecule has 0 aliphatic carbocycles. The number of aldehydes is 1. The third-order valence-corrected chi connectivity index (χ3v) is 1.15. The standard InChI is InChI=1S/C7H14O3/c1-2-3-7(6-9)10-5-4-8/h6-8H,2-5H2,1H3. The Balaban J connectivity index is 3.29. The number of carbonyl (C=O) groups is 1. The van der Waals surface area contributed by atoms with Crippen LogP contribution in [0.25, 0.3) is 0 Å². The number of rotatable bonds is 6. The van der Waals surface area contributed by atoms with Gasteiger partial charge in [-0.05, 0) is 6.42 Å². The van der Waals surface area contributed by atoms with Gasteiger partial charge in [-0.15, -0.1) is 0 Å². The number of hydrogen-bond donors (Lipinski definition) is 1. The molecule has 1 atom stereocenters. The molecule has 0 amide bonds. The molecule has 0 saturated heterocycles. The van der Waals surface area contributed by atoms with E-state index in [1.807, 2.05) is 6.92 Å². The highest BCUT2D eigenvalue weighted by molar-refractivity contribution is 5.55. The zero-order chi connectivity index (χ0) is 7.82. The maximum atomic E-state index is 10.2. The lowest BCUT2D eigenvalue weighted by Crippen LogP contribution is -2.16. The average molecular weight is 146 g/mol. The second-order valence-corrected chi connectivity index (χ2v) is 2.06. The topological polar surface area (TPSA) is 46.5 Å². The summed E-state index contributed by atoms with van der Waals surface area (Å²) in [5, 5.41) is 8.34. The lowest BCUT2D eigenvalue weighted by Gasteiger charge is -2.08. The van der Waals surface area contributed by atoms with Crippen LogP contribution < -0.4 is 0 Å². The number of aliphatic hydroxyl groups is 1. The smallest absolute Gasteiger partial charge is 0.148 e. The predicted molar refractivity (Wildman–Crippen MR) is 37.8 cm³/mol. The monoisotopic (exact) mass is 146 g/mol. The highest BCUT2D eigenvalue weighted by atomic mass is 16.5. The molecule has 1 N–H and O–H groups in total. The van der Waals surface area contributed by atoms with Crippen molar-refractivity contribution in [1.29, 1.82) is 0 Å². The lowest BCUT2D eigenvalue weighted by molar-refractivity contribution is -0.119. The summed E-state index contributed by atoms with van der Waals surface area (Å²) in [5.41, 5.74) is 0. The Morgan fingerprint density at radius 2 is 2.40 bits per heavy atom. The van der Waals surface area contributed by atoms with Gasteiger partial charge in [0.15, 0.2) is 0 Å². The summed E-state index contributed by atoms with van der Waals surface area (Å²) in [6, 6.07) is 0. The summed E-state index contributed by atoms with van der Waals surface area (Å²) in [6.45, 7) is 2.22. The Morgan fingerprint density at radius 1 is 1.70 bits per heavy atom. The lowest BCUT2D eigenvalue weighted by atomic mass is 10.2. The second-order valence-electron chi connectivity index (χ2n) is 2.06. The van der Waals surface area contributed by atoms with E-state index < -0.39 is 0 Å². The second kappa shape index (κ2) is 6.71. The Kier molecular flexibility index (Phi) is 6.43. The summed E-state index contributed by atoms with van der Waals surface area (Å²) >= 11 is 0. The van der Waals surface area contributed by atoms with E-state index in [0.717, 1.165) is 19.1 Å².